The number of para-hydroxylation sites is 1. The molecule has 0 radical (unpaired) electrons. The fourth-order valence-electron chi connectivity index (χ4n) is 2.72. The summed E-state index contributed by atoms with van der Waals surface area (Å²) in [6, 6.07) is 19.2. The molecule has 0 aliphatic heterocycles. The van der Waals surface area contributed by atoms with Crippen LogP contribution in [-0.4, -0.2) is 30.0 Å². The first-order valence-corrected chi connectivity index (χ1v) is 9.54. The maximum Gasteiger partial charge on any atom is 0.339 e. The fourth-order valence-corrected chi connectivity index (χ4v) is 2.72. The number of esters is 1. The molecule has 0 spiro atoms. The van der Waals surface area contributed by atoms with E-state index in [1.165, 1.54) is 38.3 Å². The summed E-state index contributed by atoms with van der Waals surface area (Å²) in [4.78, 5) is 35.3. The van der Waals surface area contributed by atoms with Crippen LogP contribution >= 0.6 is 0 Å². The van der Waals surface area contributed by atoms with Gasteiger partial charge < -0.3 is 19.5 Å². The van der Waals surface area contributed by atoms with E-state index in [9.17, 15) is 19.7 Å². The summed E-state index contributed by atoms with van der Waals surface area (Å²) in [6.07, 6.45) is -1.14. The van der Waals surface area contributed by atoms with Gasteiger partial charge in [0.25, 0.3) is 11.6 Å². The van der Waals surface area contributed by atoms with Crippen LogP contribution in [0.3, 0.4) is 0 Å². The summed E-state index contributed by atoms with van der Waals surface area (Å²) in [7, 11) is 1.32. The third kappa shape index (κ3) is 5.60. The predicted octanol–water partition coefficient (Wildman–Crippen LogP) is 4.58. The van der Waals surface area contributed by atoms with Gasteiger partial charge in [-0.05, 0) is 43.3 Å². The highest BCUT2D eigenvalue weighted by atomic mass is 16.6. The summed E-state index contributed by atoms with van der Waals surface area (Å²) in [6.45, 7) is 1.41. The standard InChI is InChI=1S/C23H20N2O7/c1-15(22(26)24-20-12-11-17(25(28)29)14-21(20)30-2)31-23(27)16-7-6-10-19(13-16)32-18-8-4-3-5-9-18/h3-15H,1-2H3,(H,24,26)/t15-/m0/s1. The van der Waals surface area contributed by atoms with Gasteiger partial charge in [-0.3, -0.25) is 14.9 Å². The molecule has 9 nitrogen and oxygen atoms in total. The second-order valence-corrected chi connectivity index (χ2v) is 6.62. The monoisotopic (exact) mass is 436 g/mol. The number of carbonyl (C=O) groups is 2. The number of nitrogens with one attached hydrogen (secondary N) is 1. The van der Waals surface area contributed by atoms with E-state index in [2.05, 4.69) is 5.32 Å². The van der Waals surface area contributed by atoms with Crippen molar-refractivity contribution in [2.24, 2.45) is 0 Å². The lowest BCUT2D eigenvalue weighted by atomic mass is 10.2. The molecule has 0 aliphatic carbocycles. The zero-order valence-electron chi connectivity index (χ0n) is 17.3. The molecule has 0 unspecified atom stereocenters. The smallest absolute Gasteiger partial charge is 0.339 e. The second-order valence-electron chi connectivity index (χ2n) is 6.62. The number of nitro groups is 1. The van der Waals surface area contributed by atoms with Crippen LogP contribution in [0.1, 0.15) is 17.3 Å². The van der Waals surface area contributed by atoms with Crippen molar-refractivity contribution in [1.82, 2.24) is 0 Å². The number of carbonyl (C=O) groups excluding carboxylic acids is 2. The minimum Gasteiger partial charge on any atom is -0.494 e. The van der Waals surface area contributed by atoms with Crippen molar-refractivity contribution in [3.63, 3.8) is 0 Å². The van der Waals surface area contributed by atoms with E-state index in [-0.39, 0.29) is 22.7 Å². The van der Waals surface area contributed by atoms with Gasteiger partial charge in [0.05, 0.1) is 29.4 Å². The molecule has 3 aromatic rings. The van der Waals surface area contributed by atoms with Gasteiger partial charge in [-0.25, -0.2) is 4.79 Å². The number of nitrogens with zero attached hydrogens (tertiary/aromatic N) is 1. The Labute approximate surface area is 183 Å². The van der Waals surface area contributed by atoms with E-state index < -0.39 is 22.9 Å². The SMILES string of the molecule is COc1cc([N+](=O)[O-])ccc1NC(=O)[C@H](C)OC(=O)c1cccc(Oc2ccccc2)c1. The molecule has 0 fully saturated rings. The summed E-state index contributed by atoms with van der Waals surface area (Å²) in [5.74, 6) is -0.165. The van der Waals surface area contributed by atoms with E-state index in [1.807, 2.05) is 18.2 Å². The number of hydrogen-bond acceptors (Lipinski definition) is 7. The normalized spacial score (nSPS) is 11.2. The average molecular weight is 436 g/mol. The number of ether oxygens (including phenoxy) is 3. The minimum atomic E-state index is -1.14. The van der Waals surface area contributed by atoms with Gasteiger partial charge in [-0.1, -0.05) is 24.3 Å². The summed E-state index contributed by atoms with van der Waals surface area (Å²) in [5, 5.41) is 13.4. The number of rotatable bonds is 8. The van der Waals surface area contributed by atoms with Crippen molar-refractivity contribution in [1.29, 1.82) is 0 Å². The van der Waals surface area contributed by atoms with Crippen LogP contribution in [0.25, 0.3) is 0 Å². The van der Waals surface area contributed by atoms with Gasteiger partial charge >= 0.3 is 5.97 Å². The lowest BCUT2D eigenvalue weighted by Crippen LogP contribution is -2.30. The molecule has 0 saturated heterocycles. The van der Waals surface area contributed by atoms with Gasteiger partial charge in [0.1, 0.15) is 17.2 Å². The Kier molecular flexibility index (Phi) is 7.02. The number of anilines is 1. The molecular weight excluding hydrogens is 416 g/mol. The van der Waals surface area contributed by atoms with Crippen LogP contribution in [0.4, 0.5) is 11.4 Å². The molecule has 0 aliphatic rings. The number of hydrogen-bond donors (Lipinski definition) is 1. The molecule has 1 N–H and O–H groups in total. The number of methoxy groups -OCH3 is 1. The highest BCUT2D eigenvalue weighted by Gasteiger charge is 2.21. The molecular formula is C23H20N2O7. The zero-order valence-corrected chi connectivity index (χ0v) is 17.3. The van der Waals surface area contributed by atoms with Crippen LogP contribution in [0.5, 0.6) is 17.2 Å². The topological polar surface area (TPSA) is 117 Å². The van der Waals surface area contributed by atoms with Crippen molar-refractivity contribution in [2.75, 3.05) is 12.4 Å². The Morgan fingerprint density at radius 3 is 2.38 bits per heavy atom. The third-order valence-corrected chi connectivity index (χ3v) is 4.36. The van der Waals surface area contributed by atoms with Crippen LogP contribution in [-0.2, 0) is 9.53 Å². The molecule has 0 aromatic heterocycles. The largest absolute Gasteiger partial charge is 0.494 e. The van der Waals surface area contributed by atoms with Gasteiger partial charge in [-0.2, -0.15) is 0 Å². The number of amides is 1. The van der Waals surface area contributed by atoms with E-state index in [0.29, 0.717) is 11.5 Å². The number of nitro benzene ring substituents is 1. The molecule has 9 heteroatoms. The average Bonchev–Trinajstić information content (AvgIpc) is 2.79. The van der Waals surface area contributed by atoms with Gasteiger partial charge in [-0.15, -0.1) is 0 Å². The molecule has 3 aromatic carbocycles. The quantitative estimate of drug-likeness (QED) is 0.312. The molecule has 0 saturated carbocycles. The maximum atomic E-state index is 12.5. The molecule has 164 valence electrons. The van der Waals surface area contributed by atoms with Crippen molar-refractivity contribution >= 4 is 23.3 Å². The predicted molar refractivity (Wildman–Crippen MR) is 116 cm³/mol. The van der Waals surface area contributed by atoms with E-state index in [4.69, 9.17) is 14.2 Å². The molecule has 32 heavy (non-hydrogen) atoms. The van der Waals surface area contributed by atoms with Crippen LogP contribution < -0.4 is 14.8 Å². The molecule has 0 bridgehead atoms. The first-order valence-electron chi connectivity index (χ1n) is 9.54. The third-order valence-electron chi connectivity index (χ3n) is 4.36. The fraction of sp³-hybridized carbons (Fsp3) is 0.130. The number of benzene rings is 3. The molecule has 1 atom stereocenters. The highest BCUT2D eigenvalue weighted by molar-refractivity contribution is 5.98. The van der Waals surface area contributed by atoms with Gasteiger partial charge in [0.15, 0.2) is 6.10 Å². The number of non-ortho nitro benzene ring substituents is 1. The van der Waals surface area contributed by atoms with E-state index in [1.54, 1.807) is 30.3 Å². The Balaban J connectivity index is 1.65. The molecule has 0 heterocycles. The minimum absolute atomic E-state index is 0.108. The zero-order chi connectivity index (χ0) is 23.1. The van der Waals surface area contributed by atoms with Crippen LogP contribution in [0.15, 0.2) is 72.8 Å². The lowest BCUT2D eigenvalue weighted by molar-refractivity contribution is -0.384. The van der Waals surface area contributed by atoms with E-state index >= 15 is 0 Å². The second kappa shape index (κ2) is 10.1. The first-order chi connectivity index (χ1) is 15.4. The van der Waals surface area contributed by atoms with E-state index in [0.717, 1.165) is 0 Å². The van der Waals surface area contributed by atoms with Crippen molar-refractivity contribution in [3.8, 4) is 17.2 Å². The van der Waals surface area contributed by atoms with Crippen molar-refractivity contribution < 1.29 is 28.7 Å². The first kappa shape index (κ1) is 22.3. The Hall–Kier alpha value is -4.40. The maximum absolute atomic E-state index is 12.5. The highest BCUT2D eigenvalue weighted by Crippen LogP contribution is 2.29. The molecule has 1 amide bonds. The van der Waals surface area contributed by atoms with Gasteiger partial charge in [0, 0.05) is 6.07 Å². The summed E-state index contributed by atoms with van der Waals surface area (Å²) >= 11 is 0. The van der Waals surface area contributed by atoms with Crippen molar-refractivity contribution in [2.45, 2.75) is 13.0 Å². The van der Waals surface area contributed by atoms with Crippen LogP contribution in [0.2, 0.25) is 0 Å². The summed E-state index contributed by atoms with van der Waals surface area (Å²) < 4.78 is 16.0. The molecule has 3 rings (SSSR count). The van der Waals surface area contributed by atoms with Gasteiger partial charge in [0.2, 0.25) is 0 Å². The van der Waals surface area contributed by atoms with Crippen molar-refractivity contribution in [3.05, 3.63) is 88.5 Å². The Morgan fingerprint density at radius 1 is 0.969 bits per heavy atom. The Morgan fingerprint density at radius 2 is 1.69 bits per heavy atom. The summed E-state index contributed by atoms with van der Waals surface area (Å²) in [5.41, 5.74) is 0.243. The van der Waals surface area contributed by atoms with Crippen LogP contribution in [0, 0.1) is 10.1 Å². The Bertz CT molecular complexity index is 1130. The lowest BCUT2D eigenvalue weighted by Gasteiger charge is -2.15.